The molecule has 170 valence electrons. The summed E-state index contributed by atoms with van der Waals surface area (Å²) in [6.07, 6.45) is -0.340. The van der Waals surface area contributed by atoms with Crippen molar-refractivity contribution in [1.82, 2.24) is 9.80 Å². The minimum atomic E-state index is -0.604. The van der Waals surface area contributed by atoms with Gasteiger partial charge in [0.05, 0.1) is 11.2 Å². The van der Waals surface area contributed by atoms with Crippen molar-refractivity contribution >= 4 is 24.6 Å². The number of carbonyl (C=O) groups excluding carboxylic acids is 2. The van der Waals surface area contributed by atoms with Crippen LogP contribution in [-0.4, -0.2) is 71.9 Å². The van der Waals surface area contributed by atoms with Crippen molar-refractivity contribution in [3.63, 3.8) is 0 Å². The molecule has 7 nitrogen and oxygen atoms in total. The second-order valence-electron chi connectivity index (χ2n) is 10.4. The maximum Gasteiger partial charge on any atom is 0.495 e. The lowest BCUT2D eigenvalue weighted by atomic mass is 9.73. The van der Waals surface area contributed by atoms with Gasteiger partial charge in [-0.2, -0.15) is 0 Å². The molecule has 2 saturated heterocycles. The van der Waals surface area contributed by atoms with Gasteiger partial charge in [0, 0.05) is 31.7 Å². The van der Waals surface area contributed by atoms with E-state index < -0.39 is 23.9 Å². The molecule has 0 aromatic heterocycles. The Hall–Kier alpha value is -2.06. The summed E-state index contributed by atoms with van der Waals surface area (Å²) in [5.74, 6) is -0.0720. The normalized spacial score (nSPS) is 20.7. The maximum absolute atomic E-state index is 13.4. The van der Waals surface area contributed by atoms with Crippen LogP contribution in [0.4, 0.5) is 4.79 Å². The number of ether oxygens (including phenoxy) is 1. The van der Waals surface area contributed by atoms with Crippen molar-refractivity contribution < 1.29 is 23.6 Å². The first-order chi connectivity index (χ1) is 14.2. The van der Waals surface area contributed by atoms with E-state index in [4.69, 9.17) is 14.0 Å². The first-order valence-electron chi connectivity index (χ1n) is 10.9. The Balaban J connectivity index is 1.76. The molecular weight excluding hydrogens is 395 g/mol. The molecule has 0 N–H and O–H groups in total. The van der Waals surface area contributed by atoms with Gasteiger partial charge < -0.3 is 23.8 Å². The molecule has 1 aromatic carbocycles. The summed E-state index contributed by atoms with van der Waals surface area (Å²) < 4.78 is 17.9. The fourth-order valence-electron chi connectivity index (χ4n) is 3.73. The third kappa shape index (κ3) is 4.90. The Bertz CT molecular complexity index is 838. The number of benzene rings is 1. The Morgan fingerprint density at radius 2 is 1.48 bits per heavy atom. The van der Waals surface area contributed by atoms with E-state index in [0.717, 1.165) is 11.0 Å². The zero-order valence-electron chi connectivity index (χ0n) is 20.1. The van der Waals surface area contributed by atoms with E-state index in [2.05, 4.69) is 0 Å². The first kappa shape index (κ1) is 23.6. The van der Waals surface area contributed by atoms with E-state index in [1.807, 2.05) is 73.6 Å². The van der Waals surface area contributed by atoms with Gasteiger partial charge in [0.15, 0.2) is 0 Å². The summed E-state index contributed by atoms with van der Waals surface area (Å²) in [5.41, 5.74) is 0.809. The smallest absolute Gasteiger partial charge is 0.444 e. The Labute approximate surface area is 186 Å². The second kappa shape index (κ2) is 8.13. The van der Waals surface area contributed by atoms with Gasteiger partial charge in [0.25, 0.3) is 5.91 Å². The highest BCUT2D eigenvalue weighted by atomic mass is 16.7. The molecule has 1 aromatic rings. The predicted octanol–water partition coefficient (Wildman–Crippen LogP) is 2.99. The number of aryl methyl sites for hydroxylation is 1. The monoisotopic (exact) mass is 430 g/mol. The summed E-state index contributed by atoms with van der Waals surface area (Å²) >= 11 is 0. The maximum atomic E-state index is 13.4. The molecule has 2 aliphatic heterocycles. The molecule has 2 amide bonds. The van der Waals surface area contributed by atoms with Gasteiger partial charge >= 0.3 is 13.2 Å². The van der Waals surface area contributed by atoms with E-state index in [0.29, 0.717) is 31.7 Å². The van der Waals surface area contributed by atoms with Crippen molar-refractivity contribution in [1.29, 1.82) is 0 Å². The number of carbonyl (C=O) groups is 2. The van der Waals surface area contributed by atoms with E-state index in [-0.39, 0.29) is 12.0 Å². The molecule has 0 aliphatic carbocycles. The standard InChI is InChI=1S/C23H35BN2O5/c1-16-10-9-11-17(18(16)24-30-22(5,6)23(7,8)31-24)19(27)25-12-14-26(15-13-25)20(28)29-21(2,3)4/h9-11H,12-15H2,1-8H3. The lowest BCUT2D eigenvalue weighted by Gasteiger charge is -2.36. The number of hydrogen-bond donors (Lipinski definition) is 0. The number of rotatable bonds is 2. The quantitative estimate of drug-likeness (QED) is 0.675. The van der Waals surface area contributed by atoms with Crippen LogP contribution in [0.3, 0.4) is 0 Å². The third-order valence-corrected chi connectivity index (χ3v) is 6.26. The molecule has 0 spiro atoms. The van der Waals surface area contributed by atoms with Crippen LogP contribution in [0.2, 0.25) is 0 Å². The highest BCUT2D eigenvalue weighted by molar-refractivity contribution is 6.64. The van der Waals surface area contributed by atoms with Gasteiger partial charge in [-0.15, -0.1) is 0 Å². The minimum Gasteiger partial charge on any atom is -0.444 e. The van der Waals surface area contributed by atoms with E-state index >= 15 is 0 Å². The van der Waals surface area contributed by atoms with Crippen LogP contribution < -0.4 is 5.46 Å². The number of hydrogen-bond acceptors (Lipinski definition) is 5. The second-order valence-corrected chi connectivity index (χ2v) is 10.4. The van der Waals surface area contributed by atoms with E-state index in [1.54, 1.807) is 9.80 Å². The Morgan fingerprint density at radius 1 is 0.968 bits per heavy atom. The zero-order valence-corrected chi connectivity index (χ0v) is 20.1. The molecule has 31 heavy (non-hydrogen) atoms. The van der Waals surface area contributed by atoms with E-state index in [9.17, 15) is 9.59 Å². The van der Waals surface area contributed by atoms with Crippen LogP contribution in [0.1, 0.15) is 64.4 Å². The summed E-state index contributed by atoms with van der Waals surface area (Å²) in [7, 11) is -0.604. The molecule has 0 atom stereocenters. The summed E-state index contributed by atoms with van der Waals surface area (Å²) in [6.45, 7) is 17.3. The van der Waals surface area contributed by atoms with Crippen molar-refractivity contribution in [2.24, 2.45) is 0 Å². The van der Waals surface area contributed by atoms with Gasteiger partial charge in [-0.25, -0.2) is 4.79 Å². The van der Waals surface area contributed by atoms with Crippen LogP contribution in [0.5, 0.6) is 0 Å². The molecule has 0 bridgehead atoms. The van der Waals surface area contributed by atoms with Crippen molar-refractivity contribution in [2.45, 2.75) is 72.2 Å². The highest BCUT2D eigenvalue weighted by Crippen LogP contribution is 2.37. The van der Waals surface area contributed by atoms with Crippen LogP contribution in [0.15, 0.2) is 18.2 Å². The fourth-order valence-corrected chi connectivity index (χ4v) is 3.73. The Kier molecular flexibility index (Phi) is 6.19. The van der Waals surface area contributed by atoms with Crippen LogP contribution in [0, 0.1) is 6.92 Å². The lowest BCUT2D eigenvalue weighted by Crippen LogP contribution is -2.53. The average molecular weight is 430 g/mol. The highest BCUT2D eigenvalue weighted by Gasteiger charge is 2.53. The molecule has 0 radical (unpaired) electrons. The average Bonchev–Trinajstić information content (AvgIpc) is 2.86. The molecule has 0 unspecified atom stereocenters. The van der Waals surface area contributed by atoms with Crippen molar-refractivity contribution in [3.8, 4) is 0 Å². The predicted molar refractivity (Wildman–Crippen MR) is 121 cm³/mol. The fraction of sp³-hybridized carbons (Fsp3) is 0.652. The molecule has 0 saturated carbocycles. The largest absolute Gasteiger partial charge is 0.495 e. The topological polar surface area (TPSA) is 68.3 Å². The molecule has 2 fully saturated rings. The number of piperazine rings is 1. The number of nitrogens with zero attached hydrogens (tertiary/aromatic N) is 2. The lowest BCUT2D eigenvalue weighted by molar-refractivity contribution is 0.00578. The van der Waals surface area contributed by atoms with Crippen LogP contribution >= 0.6 is 0 Å². The zero-order chi connectivity index (χ0) is 23.2. The molecule has 3 rings (SSSR count). The summed E-state index contributed by atoms with van der Waals surface area (Å²) in [6, 6.07) is 5.68. The van der Waals surface area contributed by atoms with Crippen LogP contribution in [0.25, 0.3) is 0 Å². The molecule has 2 heterocycles. The van der Waals surface area contributed by atoms with Gasteiger partial charge in [0.1, 0.15) is 5.60 Å². The molecule has 8 heteroatoms. The van der Waals surface area contributed by atoms with Crippen molar-refractivity contribution in [3.05, 3.63) is 29.3 Å². The molecule has 2 aliphatic rings. The third-order valence-electron chi connectivity index (χ3n) is 6.26. The van der Waals surface area contributed by atoms with Crippen molar-refractivity contribution in [2.75, 3.05) is 26.2 Å². The SMILES string of the molecule is Cc1cccc(C(=O)N2CCN(C(=O)OC(C)(C)C)CC2)c1B1OC(C)(C)C(C)(C)O1. The van der Waals surface area contributed by atoms with Gasteiger partial charge in [0.2, 0.25) is 0 Å². The van der Waals surface area contributed by atoms with E-state index in [1.165, 1.54) is 0 Å². The van der Waals surface area contributed by atoms with Crippen LogP contribution in [-0.2, 0) is 14.0 Å². The summed E-state index contributed by atoms with van der Waals surface area (Å²) in [5, 5.41) is 0. The minimum absolute atomic E-state index is 0.0720. The first-order valence-corrected chi connectivity index (χ1v) is 10.9. The van der Waals surface area contributed by atoms with Gasteiger partial charge in [-0.1, -0.05) is 17.7 Å². The van der Waals surface area contributed by atoms with Gasteiger partial charge in [-0.3, -0.25) is 4.79 Å². The Morgan fingerprint density at radius 3 is 2.00 bits per heavy atom. The molecular formula is C23H35BN2O5. The number of amides is 2. The summed E-state index contributed by atoms with van der Waals surface area (Å²) in [4.78, 5) is 29.2. The van der Waals surface area contributed by atoms with Gasteiger partial charge in [-0.05, 0) is 66.9 Å².